The predicted octanol–water partition coefficient (Wildman–Crippen LogP) is 2.05. The molecule has 6 nitrogen and oxygen atoms in total. The number of aromatic nitrogens is 4. The molecule has 0 saturated heterocycles. The van der Waals surface area contributed by atoms with Crippen molar-refractivity contribution in [2.24, 2.45) is 7.05 Å². The van der Waals surface area contributed by atoms with Gasteiger partial charge in [0.05, 0.1) is 18.5 Å². The van der Waals surface area contributed by atoms with E-state index < -0.39 is 0 Å². The number of esters is 1. The summed E-state index contributed by atoms with van der Waals surface area (Å²) in [6.07, 6.45) is 1.54. The largest absolute Gasteiger partial charge is 0.462 e. The Morgan fingerprint density at radius 2 is 2.37 bits per heavy atom. The lowest BCUT2D eigenvalue weighted by Crippen LogP contribution is -2.08. The third-order valence-corrected chi connectivity index (χ3v) is 4.33. The van der Waals surface area contributed by atoms with Gasteiger partial charge in [0, 0.05) is 12.8 Å². The van der Waals surface area contributed by atoms with Crippen LogP contribution in [0.1, 0.15) is 28.8 Å². The maximum absolute atomic E-state index is 11.8. The van der Waals surface area contributed by atoms with Gasteiger partial charge in [-0.1, -0.05) is 11.8 Å². The van der Waals surface area contributed by atoms with E-state index in [1.54, 1.807) is 17.8 Å². The van der Waals surface area contributed by atoms with E-state index in [9.17, 15) is 4.79 Å². The zero-order valence-electron chi connectivity index (χ0n) is 10.9. The molecule has 0 amide bonds. The van der Waals surface area contributed by atoms with Crippen LogP contribution in [0.4, 0.5) is 0 Å². The number of hydrogen-bond acceptors (Lipinski definition) is 7. The zero-order chi connectivity index (χ0) is 13.8. The van der Waals surface area contributed by atoms with Crippen LogP contribution in [0.3, 0.4) is 0 Å². The molecule has 0 fully saturated rings. The van der Waals surface area contributed by atoms with Crippen molar-refractivity contribution in [3.8, 4) is 0 Å². The third kappa shape index (κ3) is 3.32. The van der Waals surface area contributed by atoms with Crippen molar-refractivity contribution in [2.75, 3.05) is 6.61 Å². The van der Waals surface area contributed by atoms with Crippen LogP contribution in [0.25, 0.3) is 0 Å². The van der Waals surface area contributed by atoms with Crippen molar-refractivity contribution >= 4 is 29.3 Å². The van der Waals surface area contributed by atoms with Crippen LogP contribution < -0.4 is 0 Å². The standard InChI is InChI=1S/C11H14N4O2S2/c1-4-17-10(16)8-5-12-15(3)9(8)6-18-11-13-7(2)14-19-11/h5H,4,6H2,1-3H3. The van der Waals surface area contributed by atoms with Crippen LogP contribution in [0, 0.1) is 6.92 Å². The van der Waals surface area contributed by atoms with Gasteiger partial charge in [-0.15, -0.1) is 0 Å². The van der Waals surface area contributed by atoms with Gasteiger partial charge in [0.1, 0.15) is 11.4 Å². The van der Waals surface area contributed by atoms with E-state index in [1.807, 2.05) is 14.0 Å². The number of carbonyl (C=O) groups is 1. The third-order valence-electron chi connectivity index (χ3n) is 2.40. The Bertz CT molecular complexity index is 579. The number of carbonyl (C=O) groups excluding carboxylic acids is 1. The van der Waals surface area contributed by atoms with Crippen LogP contribution >= 0.6 is 23.3 Å². The molecule has 2 aromatic heterocycles. The van der Waals surface area contributed by atoms with E-state index in [1.165, 1.54) is 23.3 Å². The molecule has 2 rings (SSSR count). The molecule has 2 heterocycles. The number of nitrogens with zero attached hydrogens (tertiary/aromatic N) is 4. The molecular formula is C11H14N4O2S2. The highest BCUT2D eigenvalue weighted by Gasteiger charge is 2.17. The number of hydrogen-bond donors (Lipinski definition) is 0. The van der Waals surface area contributed by atoms with Crippen LogP contribution in [-0.2, 0) is 17.5 Å². The summed E-state index contributed by atoms with van der Waals surface area (Å²) in [7, 11) is 1.81. The summed E-state index contributed by atoms with van der Waals surface area (Å²) in [5.74, 6) is 1.04. The summed E-state index contributed by atoms with van der Waals surface area (Å²) < 4.78 is 11.7. The fourth-order valence-corrected chi connectivity index (χ4v) is 3.20. The first-order chi connectivity index (χ1) is 9.11. The molecular weight excluding hydrogens is 284 g/mol. The van der Waals surface area contributed by atoms with Gasteiger partial charge < -0.3 is 4.74 Å². The van der Waals surface area contributed by atoms with Crippen molar-refractivity contribution in [1.82, 2.24) is 19.1 Å². The minimum absolute atomic E-state index is 0.334. The molecule has 19 heavy (non-hydrogen) atoms. The van der Waals surface area contributed by atoms with Gasteiger partial charge in [0.25, 0.3) is 0 Å². The summed E-state index contributed by atoms with van der Waals surface area (Å²) in [5.41, 5.74) is 1.34. The molecule has 0 N–H and O–H groups in total. The smallest absolute Gasteiger partial charge is 0.341 e. The topological polar surface area (TPSA) is 69.9 Å². The Balaban J connectivity index is 2.11. The Morgan fingerprint density at radius 3 is 3.00 bits per heavy atom. The molecule has 0 aliphatic heterocycles. The minimum atomic E-state index is -0.334. The number of aryl methyl sites for hydroxylation is 2. The van der Waals surface area contributed by atoms with E-state index in [2.05, 4.69) is 14.5 Å². The van der Waals surface area contributed by atoms with Crippen molar-refractivity contribution in [3.05, 3.63) is 23.3 Å². The molecule has 0 aromatic carbocycles. The minimum Gasteiger partial charge on any atom is -0.462 e. The predicted molar refractivity (Wildman–Crippen MR) is 73.4 cm³/mol. The molecule has 102 valence electrons. The van der Waals surface area contributed by atoms with Crippen LogP contribution in [0.2, 0.25) is 0 Å². The second-order valence-corrected chi connectivity index (χ2v) is 5.72. The first-order valence-electron chi connectivity index (χ1n) is 5.73. The quantitative estimate of drug-likeness (QED) is 0.621. The highest BCUT2D eigenvalue weighted by atomic mass is 32.2. The van der Waals surface area contributed by atoms with Crippen molar-refractivity contribution < 1.29 is 9.53 Å². The molecule has 0 aliphatic rings. The van der Waals surface area contributed by atoms with Gasteiger partial charge in [0.2, 0.25) is 0 Å². The lowest BCUT2D eigenvalue weighted by molar-refractivity contribution is 0.0525. The second-order valence-electron chi connectivity index (χ2n) is 3.75. The molecule has 0 saturated carbocycles. The Hall–Kier alpha value is -1.41. The van der Waals surface area contributed by atoms with Crippen LogP contribution in [0.15, 0.2) is 10.5 Å². The number of rotatable bonds is 5. The molecule has 0 spiro atoms. The van der Waals surface area contributed by atoms with Gasteiger partial charge in [-0.05, 0) is 25.4 Å². The second kappa shape index (κ2) is 6.16. The first-order valence-corrected chi connectivity index (χ1v) is 7.48. The lowest BCUT2D eigenvalue weighted by atomic mass is 10.3. The molecule has 8 heteroatoms. The van der Waals surface area contributed by atoms with Crippen molar-refractivity contribution in [1.29, 1.82) is 0 Å². The number of thioether (sulfide) groups is 1. The van der Waals surface area contributed by atoms with Crippen LogP contribution in [0.5, 0.6) is 0 Å². The Kier molecular flexibility index (Phi) is 4.54. The van der Waals surface area contributed by atoms with E-state index in [-0.39, 0.29) is 5.97 Å². The molecule has 0 unspecified atom stereocenters. The molecule has 0 radical (unpaired) electrons. The van der Waals surface area contributed by atoms with E-state index in [0.29, 0.717) is 17.9 Å². The van der Waals surface area contributed by atoms with Crippen molar-refractivity contribution in [2.45, 2.75) is 23.9 Å². The van der Waals surface area contributed by atoms with Gasteiger partial charge in [0.15, 0.2) is 4.34 Å². The lowest BCUT2D eigenvalue weighted by Gasteiger charge is -2.04. The van der Waals surface area contributed by atoms with Gasteiger partial charge >= 0.3 is 5.97 Å². The fraction of sp³-hybridized carbons (Fsp3) is 0.455. The van der Waals surface area contributed by atoms with Gasteiger partial charge in [-0.25, -0.2) is 9.78 Å². The Labute approximate surface area is 119 Å². The molecule has 2 aromatic rings. The highest BCUT2D eigenvalue weighted by molar-refractivity contribution is 8.00. The van der Waals surface area contributed by atoms with Crippen LogP contribution in [-0.4, -0.2) is 31.7 Å². The summed E-state index contributed by atoms with van der Waals surface area (Å²) in [6, 6.07) is 0. The summed E-state index contributed by atoms with van der Waals surface area (Å²) in [4.78, 5) is 16.1. The summed E-state index contributed by atoms with van der Waals surface area (Å²) in [5, 5.41) is 4.11. The molecule has 0 bridgehead atoms. The SMILES string of the molecule is CCOC(=O)c1cnn(C)c1CSc1nc(C)ns1. The maximum atomic E-state index is 11.8. The zero-order valence-corrected chi connectivity index (χ0v) is 12.5. The maximum Gasteiger partial charge on any atom is 0.341 e. The highest BCUT2D eigenvalue weighted by Crippen LogP contribution is 2.25. The average molecular weight is 298 g/mol. The van der Waals surface area contributed by atoms with Crippen molar-refractivity contribution in [3.63, 3.8) is 0 Å². The van der Waals surface area contributed by atoms with Gasteiger partial charge in [-0.2, -0.15) is 9.47 Å². The number of ether oxygens (including phenoxy) is 1. The fourth-order valence-electron chi connectivity index (χ4n) is 1.48. The first kappa shape index (κ1) is 14.0. The molecule has 0 aliphatic carbocycles. The molecule has 0 atom stereocenters. The summed E-state index contributed by atoms with van der Waals surface area (Å²) >= 11 is 2.90. The van der Waals surface area contributed by atoms with E-state index in [4.69, 9.17) is 4.74 Å². The normalized spacial score (nSPS) is 10.7. The monoisotopic (exact) mass is 298 g/mol. The Morgan fingerprint density at radius 1 is 1.58 bits per heavy atom. The average Bonchev–Trinajstić information content (AvgIpc) is 2.94. The van der Waals surface area contributed by atoms with E-state index >= 15 is 0 Å². The summed E-state index contributed by atoms with van der Waals surface area (Å²) in [6.45, 7) is 4.00. The van der Waals surface area contributed by atoms with Gasteiger partial charge in [-0.3, -0.25) is 4.68 Å². The van der Waals surface area contributed by atoms with E-state index in [0.717, 1.165) is 15.9 Å².